The first-order valence-corrected chi connectivity index (χ1v) is 11.3. The van der Waals surface area contributed by atoms with Crippen molar-refractivity contribution in [2.24, 2.45) is 4.99 Å². The minimum absolute atomic E-state index is 0.154. The Kier molecular flexibility index (Phi) is 6.83. The van der Waals surface area contributed by atoms with E-state index < -0.39 is 0 Å². The molecular weight excluding hydrogens is 408 g/mol. The summed E-state index contributed by atoms with van der Waals surface area (Å²) in [4.78, 5) is 9.47. The van der Waals surface area contributed by atoms with Gasteiger partial charge in [0.15, 0.2) is 23.3 Å². The molecule has 2 aromatic rings. The maximum Gasteiger partial charge on any atom is 0.191 e. The first-order valence-electron chi connectivity index (χ1n) is 11.3. The van der Waals surface area contributed by atoms with Gasteiger partial charge in [-0.1, -0.05) is 19.9 Å². The lowest BCUT2D eigenvalue weighted by Gasteiger charge is -2.28. The number of aliphatic imine (C=N–C) groups is 1. The van der Waals surface area contributed by atoms with Gasteiger partial charge < -0.3 is 24.8 Å². The highest BCUT2D eigenvalue weighted by molar-refractivity contribution is 5.80. The van der Waals surface area contributed by atoms with Crippen LogP contribution in [0.4, 0.5) is 0 Å². The Balaban J connectivity index is 1.42. The molecule has 2 aliphatic heterocycles. The molecule has 4 rings (SSSR count). The second kappa shape index (κ2) is 9.77. The summed E-state index contributed by atoms with van der Waals surface area (Å²) in [5.74, 6) is 4.22. The highest BCUT2D eigenvalue weighted by Gasteiger charge is 2.25. The molecule has 1 atom stereocenters. The number of benzene rings is 1. The van der Waals surface area contributed by atoms with Crippen molar-refractivity contribution in [2.45, 2.75) is 58.2 Å². The molecule has 0 radical (unpaired) electrons. The van der Waals surface area contributed by atoms with E-state index in [-0.39, 0.29) is 11.5 Å². The van der Waals surface area contributed by atoms with Gasteiger partial charge in [-0.3, -0.25) is 4.99 Å². The minimum Gasteiger partial charge on any atom is -0.486 e. The zero-order valence-electron chi connectivity index (χ0n) is 19.5. The topological polar surface area (TPSA) is 94.8 Å². The van der Waals surface area contributed by atoms with Gasteiger partial charge >= 0.3 is 0 Å². The third-order valence-electron chi connectivity index (χ3n) is 5.82. The molecule has 2 N–H and O–H groups in total. The lowest BCUT2D eigenvalue weighted by atomic mass is 9.84. The summed E-state index contributed by atoms with van der Waals surface area (Å²) in [6.07, 6.45) is 1.87. The summed E-state index contributed by atoms with van der Waals surface area (Å²) in [5, 5.41) is 11.5. The van der Waals surface area contributed by atoms with E-state index in [9.17, 15) is 0 Å². The van der Waals surface area contributed by atoms with Crippen LogP contribution in [0.25, 0.3) is 0 Å². The fourth-order valence-electron chi connectivity index (χ4n) is 4.01. The number of rotatable bonds is 7. The normalized spacial score (nSPS) is 18.2. The Hall–Kier alpha value is -2.81. The highest BCUT2D eigenvalue weighted by atomic mass is 16.6. The Morgan fingerprint density at radius 3 is 2.88 bits per heavy atom. The number of methoxy groups -OCH3 is 1. The van der Waals surface area contributed by atoms with Crippen LogP contribution in [0.5, 0.6) is 11.5 Å². The zero-order valence-corrected chi connectivity index (χ0v) is 19.5. The summed E-state index contributed by atoms with van der Waals surface area (Å²) in [6, 6.07) is 6.42. The molecule has 9 heteroatoms. The van der Waals surface area contributed by atoms with Gasteiger partial charge in [0.2, 0.25) is 0 Å². The van der Waals surface area contributed by atoms with Crippen LogP contribution in [0.2, 0.25) is 0 Å². The minimum atomic E-state index is -0.154. The molecule has 1 aromatic carbocycles. The molecule has 1 aromatic heterocycles. The van der Waals surface area contributed by atoms with Gasteiger partial charge in [-0.05, 0) is 31.0 Å². The maximum atomic E-state index is 5.76. The van der Waals surface area contributed by atoms with Crippen LogP contribution in [0, 0.1) is 0 Å². The van der Waals surface area contributed by atoms with Crippen molar-refractivity contribution in [1.82, 2.24) is 25.4 Å². The second-order valence-corrected chi connectivity index (χ2v) is 8.88. The lowest BCUT2D eigenvalue weighted by molar-refractivity contribution is 0.171. The van der Waals surface area contributed by atoms with Crippen LogP contribution in [-0.2, 0) is 29.7 Å². The van der Waals surface area contributed by atoms with Crippen molar-refractivity contribution >= 4 is 5.96 Å². The van der Waals surface area contributed by atoms with Gasteiger partial charge in [0, 0.05) is 31.5 Å². The summed E-state index contributed by atoms with van der Waals surface area (Å²) in [6.45, 7) is 10.3. The molecule has 9 nitrogen and oxygen atoms in total. The van der Waals surface area contributed by atoms with Crippen molar-refractivity contribution in [3.63, 3.8) is 0 Å². The van der Waals surface area contributed by atoms with Crippen LogP contribution < -0.4 is 20.1 Å². The summed E-state index contributed by atoms with van der Waals surface area (Å²) in [5.41, 5.74) is 1.02. The number of aromatic nitrogens is 3. The van der Waals surface area contributed by atoms with Gasteiger partial charge in [0.1, 0.15) is 25.6 Å². The van der Waals surface area contributed by atoms with E-state index in [0.717, 1.165) is 55.0 Å². The van der Waals surface area contributed by atoms with Crippen LogP contribution >= 0.6 is 0 Å². The average molecular weight is 443 g/mol. The van der Waals surface area contributed by atoms with Gasteiger partial charge in [0.25, 0.3) is 0 Å². The standard InChI is InChI=1S/C23H34N6O3/c1-5-24-22(26-17-7-9-21-27-20(14-30-4)28-29(21)13-17)25-15-23(2,3)16-6-8-18-19(12-16)32-11-10-31-18/h6,8,12,17H,5,7,9-11,13-15H2,1-4H3,(H2,24,25,26). The number of ether oxygens (including phenoxy) is 3. The predicted octanol–water partition coefficient (Wildman–Crippen LogP) is 2.04. The van der Waals surface area contributed by atoms with Crippen molar-refractivity contribution in [2.75, 3.05) is 33.4 Å². The molecule has 0 fully saturated rings. The molecular formula is C23H34N6O3. The van der Waals surface area contributed by atoms with Gasteiger partial charge in [0.05, 0.1) is 13.1 Å². The third kappa shape index (κ3) is 5.15. The molecule has 2 aliphatic rings. The summed E-state index contributed by atoms with van der Waals surface area (Å²) in [7, 11) is 1.66. The number of aryl methyl sites for hydroxylation is 1. The van der Waals surface area contributed by atoms with Crippen LogP contribution in [0.3, 0.4) is 0 Å². The average Bonchev–Trinajstić information content (AvgIpc) is 3.19. The van der Waals surface area contributed by atoms with Crippen LogP contribution in [0.15, 0.2) is 23.2 Å². The number of fused-ring (bicyclic) bond motifs is 2. The van der Waals surface area contributed by atoms with Crippen LogP contribution in [0.1, 0.15) is 44.4 Å². The van der Waals surface area contributed by atoms with E-state index in [1.54, 1.807) is 7.11 Å². The summed E-state index contributed by atoms with van der Waals surface area (Å²) < 4.78 is 18.6. The fourth-order valence-corrected chi connectivity index (χ4v) is 4.01. The first kappa shape index (κ1) is 22.4. The summed E-state index contributed by atoms with van der Waals surface area (Å²) >= 11 is 0. The highest BCUT2D eigenvalue weighted by Crippen LogP contribution is 2.35. The first-order chi connectivity index (χ1) is 15.5. The third-order valence-corrected chi connectivity index (χ3v) is 5.82. The molecule has 32 heavy (non-hydrogen) atoms. The number of nitrogens with one attached hydrogen (secondary N) is 2. The van der Waals surface area contributed by atoms with Gasteiger partial charge in [-0.2, -0.15) is 5.10 Å². The van der Waals surface area contributed by atoms with Crippen LogP contribution in [-0.4, -0.2) is 60.2 Å². The number of hydrogen-bond acceptors (Lipinski definition) is 6. The largest absolute Gasteiger partial charge is 0.486 e. The smallest absolute Gasteiger partial charge is 0.191 e. The molecule has 0 bridgehead atoms. The Bertz CT molecular complexity index is 955. The van der Waals surface area contributed by atoms with E-state index >= 15 is 0 Å². The predicted molar refractivity (Wildman–Crippen MR) is 122 cm³/mol. The second-order valence-electron chi connectivity index (χ2n) is 8.88. The Morgan fingerprint density at radius 1 is 1.28 bits per heavy atom. The molecule has 0 spiro atoms. The molecule has 1 unspecified atom stereocenters. The SMILES string of the molecule is CCNC(=NCC(C)(C)c1ccc2c(c1)OCCO2)NC1CCc2nc(COC)nn2C1. The van der Waals surface area contributed by atoms with E-state index in [1.165, 1.54) is 5.56 Å². The van der Waals surface area contributed by atoms with Crippen molar-refractivity contribution in [3.05, 3.63) is 35.4 Å². The molecule has 0 aliphatic carbocycles. The van der Waals surface area contributed by atoms with E-state index in [2.05, 4.69) is 53.6 Å². The van der Waals surface area contributed by atoms with Crippen molar-refractivity contribution < 1.29 is 14.2 Å². The molecule has 174 valence electrons. The maximum absolute atomic E-state index is 5.76. The van der Waals surface area contributed by atoms with Crippen molar-refractivity contribution in [3.8, 4) is 11.5 Å². The van der Waals surface area contributed by atoms with E-state index in [4.69, 9.17) is 19.2 Å². The van der Waals surface area contributed by atoms with E-state index in [0.29, 0.717) is 26.4 Å². The number of hydrogen-bond donors (Lipinski definition) is 2. The number of nitrogens with zero attached hydrogens (tertiary/aromatic N) is 4. The molecule has 0 amide bonds. The van der Waals surface area contributed by atoms with Gasteiger partial charge in [-0.25, -0.2) is 9.67 Å². The quantitative estimate of drug-likeness (QED) is 0.501. The number of guanidine groups is 1. The molecule has 0 saturated carbocycles. The van der Waals surface area contributed by atoms with Crippen molar-refractivity contribution in [1.29, 1.82) is 0 Å². The lowest BCUT2D eigenvalue weighted by Crippen LogP contribution is -2.47. The molecule has 3 heterocycles. The van der Waals surface area contributed by atoms with E-state index in [1.807, 2.05) is 10.7 Å². The monoisotopic (exact) mass is 442 g/mol. The van der Waals surface area contributed by atoms with Gasteiger partial charge in [-0.15, -0.1) is 0 Å². The Labute approximate surface area is 189 Å². The Morgan fingerprint density at radius 2 is 2.09 bits per heavy atom. The fraction of sp³-hybridized carbons (Fsp3) is 0.609. The zero-order chi connectivity index (χ0) is 22.6. The molecule has 0 saturated heterocycles.